The zero-order chi connectivity index (χ0) is 25.6. The normalized spacial score (nSPS) is 11.1. The van der Waals surface area contributed by atoms with Gasteiger partial charge >= 0.3 is 0 Å². The van der Waals surface area contributed by atoms with Gasteiger partial charge in [-0.15, -0.1) is 0 Å². The highest BCUT2D eigenvalue weighted by molar-refractivity contribution is 6.04. The molecule has 0 aliphatic rings. The van der Waals surface area contributed by atoms with Crippen molar-refractivity contribution in [1.29, 1.82) is 0 Å². The third-order valence-corrected chi connectivity index (χ3v) is 6.38. The van der Waals surface area contributed by atoms with Crippen LogP contribution in [0.1, 0.15) is 27.2 Å². The Kier molecular flexibility index (Phi) is 5.68. The van der Waals surface area contributed by atoms with Crippen molar-refractivity contribution in [3.8, 4) is 17.0 Å². The molecule has 3 aromatic carbocycles. The van der Waals surface area contributed by atoms with Crippen molar-refractivity contribution in [3.05, 3.63) is 116 Å². The van der Waals surface area contributed by atoms with E-state index in [4.69, 9.17) is 4.42 Å². The van der Waals surface area contributed by atoms with Gasteiger partial charge in [-0.3, -0.25) is 19.1 Å². The Morgan fingerprint density at radius 3 is 2.28 bits per heavy atom. The van der Waals surface area contributed by atoms with Crippen molar-refractivity contribution >= 4 is 22.6 Å². The van der Waals surface area contributed by atoms with Gasteiger partial charge in [-0.1, -0.05) is 36.4 Å². The maximum Gasteiger partial charge on any atom is 0.295 e. The molecular formula is C29H25N3O4. The monoisotopic (exact) mass is 479 g/mol. The van der Waals surface area contributed by atoms with Gasteiger partial charge in [-0.2, -0.15) is 0 Å². The minimum Gasteiger partial charge on any atom is -0.456 e. The minimum absolute atomic E-state index is 0.117. The summed E-state index contributed by atoms with van der Waals surface area (Å²) in [5.74, 6) is 0.0231. The Morgan fingerprint density at radius 1 is 0.889 bits per heavy atom. The number of aromatic nitrogens is 2. The summed E-state index contributed by atoms with van der Waals surface area (Å²) >= 11 is 0. The van der Waals surface area contributed by atoms with Gasteiger partial charge in [0.15, 0.2) is 5.43 Å². The number of rotatable bonds is 4. The van der Waals surface area contributed by atoms with E-state index in [1.165, 1.54) is 10.7 Å². The Labute approximate surface area is 207 Å². The molecule has 0 unspecified atom stereocenters. The van der Waals surface area contributed by atoms with Gasteiger partial charge in [-0.25, -0.2) is 4.68 Å². The van der Waals surface area contributed by atoms with Crippen molar-refractivity contribution < 1.29 is 9.21 Å². The highest BCUT2D eigenvalue weighted by atomic mass is 16.3. The van der Waals surface area contributed by atoms with Gasteiger partial charge in [0.05, 0.1) is 16.8 Å². The lowest BCUT2D eigenvalue weighted by Gasteiger charge is -2.08. The van der Waals surface area contributed by atoms with Crippen LogP contribution in [-0.2, 0) is 7.05 Å². The van der Waals surface area contributed by atoms with Crippen LogP contribution in [-0.4, -0.2) is 15.3 Å². The second-order valence-electron chi connectivity index (χ2n) is 8.90. The first kappa shape index (κ1) is 23.1. The number of benzene rings is 3. The minimum atomic E-state index is -0.404. The quantitative estimate of drug-likeness (QED) is 0.387. The third-order valence-electron chi connectivity index (χ3n) is 6.38. The number of carbonyl (C=O) groups is 1. The molecule has 0 radical (unpaired) electrons. The fraction of sp³-hybridized carbons (Fsp3) is 0.138. The summed E-state index contributed by atoms with van der Waals surface area (Å²) in [5, 5.41) is 3.31. The van der Waals surface area contributed by atoms with Gasteiger partial charge in [-0.05, 0) is 62.2 Å². The molecule has 1 amide bonds. The molecule has 0 bridgehead atoms. The molecule has 5 rings (SSSR count). The lowest BCUT2D eigenvalue weighted by Crippen LogP contribution is -2.22. The van der Waals surface area contributed by atoms with Crippen molar-refractivity contribution in [1.82, 2.24) is 9.36 Å². The molecule has 7 heteroatoms. The van der Waals surface area contributed by atoms with E-state index in [-0.39, 0.29) is 16.7 Å². The Morgan fingerprint density at radius 2 is 1.58 bits per heavy atom. The average Bonchev–Trinajstić information content (AvgIpc) is 3.08. The molecule has 36 heavy (non-hydrogen) atoms. The van der Waals surface area contributed by atoms with Gasteiger partial charge in [0.2, 0.25) is 0 Å². The van der Waals surface area contributed by atoms with E-state index in [9.17, 15) is 14.4 Å². The number of aryl methyl sites for hydroxylation is 2. The van der Waals surface area contributed by atoms with Crippen LogP contribution in [0.3, 0.4) is 0 Å². The molecule has 0 saturated heterocycles. The predicted molar refractivity (Wildman–Crippen MR) is 141 cm³/mol. The van der Waals surface area contributed by atoms with Crippen LogP contribution < -0.4 is 16.3 Å². The van der Waals surface area contributed by atoms with Gasteiger partial charge in [0.25, 0.3) is 11.5 Å². The average molecular weight is 480 g/mol. The van der Waals surface area contributed by atoms with Crippen molar-refractivity contribution in [2.45, 2.75) is 20.8 Å². The van der Waals surface area contributed by atoms with Crippen LogP contribution >= 0.6 is 0 Å². The van der Waals surface area contributed by atoms with E-state index in [2.05, 4.69) is 5.32 Å². The molecule has 0 fully saturated rings. The number of carbonyl (C=O) groups excluding carboxylic acids is 1. The highest BCUT2D eigenvalue weighted by Gasteiger charge is 2.19. The Hall–Kier alpha value is -4.65. The number of hydrogen-bond donors (Lipinski definition) is 1. The van der Waals surface area contributed by atoms with E-state index in [0.29, 0.717) is 39.2 Å². The summed E-state index contributed by atoms with van der Waals surface area (Å²) < 4.78 is 9.28. The predicted octanol–water partition coefficient (Wildman–Crippen LogP) is 5.13. The maximum absolute atomic E-state index is 13.1. The fourth-order valence-electron chi connectivity index (χ4n) is 4.44. The summed E-state index contributed by atoms with van der Waals surface area (Å²) in [6, 6.07) is 21.2. The summed E-state index contributed by atoms with van der Waals surface area (Å²) in [5.41, 5.74) is 4.64. The van der Waals surface area contributed by atoms with E-state index in [1.807, 2.05) is 56.3 Å². The first-order valence-electron chi connectivity index (χ1n) is 11.6. The molecule has 0 spiro atoms. The molecule has 0 saturated carbocycles. The zero-order valence-corrected chi connectivity index (χ0v) is 20.5. The van der Waals surface area contributed by atoms with E-state index in [0.717, 1.165) is 11.1 Å². The molecule has 5 aromatic rings. The lowest BCUT2D eigenvalue weighted by atomic mass is 10.1. The first-order chi connectivity index (χ1) is 17.2. The molecule has 180 valence electrons. The third kappa shape index (κ3) is 3.94. The van der Waals surface area contributed by atoms with Crippen molar-refractivity contribution in [2.75, 3.05) is 5.32 Å². The summed E-state index contributed by atoms with van der Waals surface area (Å²) in [4.78, 5) is 38.8. The number of hydrogen-bond acceptors (Lipinski definition) is 4. The largest absolute Gasteiger partial charge is 0.456 e. The number of fused-ring (bicyclic) bond motifs is 1. The molecule has 7 nitrogen and oxygen atoms in total. The molecule has 1 N–H and O–H groups in total. The first-order valence-corrected chi connectivity index (χ1v) is 11.6. The number of para-hydroxylation sites is 1. The Bertz CT molecular complexity index is 1740. The number of nitrogens with one attached hydrogen (secondary N) is 1. The second kappa shape index (κ2) is 8.85. The van der Waals surface area contributed by atoms with Gasteiger partial charge in [0.1, 0.15) is 17.0 Å². The second-order valence-corrected chi connectivity index (χ2v) is 8.90. The molecule has 0 aliphatic carbocycles. The SMILES string of the molecule is Cc1cc(C)c2oc(-c3ccc(C(=O)Nc4c(C)n(C)n(-c5ccccc5)c4=O)cc3)cc(=O)c2c1. The van der Waals surface area contributed by atoms with Crippen LogP contribution in [0.4, 0.5) is 5.69 Å². The topological polar surface area (TPSA) is 86.2 Å². The van der Waals surface area contributed by atoms with Crippen LogP contribution in [0.15, 0.2) is 86.8 Å². The Balaban J connectivity index is 1.44. The lowest BCUT2D eigenvalue weighted by molar-refractivity contribution is 0.102. The fourth-order valence-corrected chi connectivity index (χ4v) is 4.44. The molecule has 2 aromatic heterocycles. The maximum atomic E-state index is 13.1. The summed E-state index contributed by atoms with van der Waals surface area (Å²) in [7, 11) is 1.77. The van der Waals surface area contributed by atoms with Gasteiger partial charge < -0.3 is 9.73 Å². The molecule has 2 heterocycles. The number of amides is 1. The molecular weight excluding hydrogens is 454 g/mol. The summed E-state index contributed by atoms with van der Waals surface area (Å²) in [6.07, 6.45) is 0. The molecule has 0 aliphatic heterocycles. The van der Waals surface area contributed by atoms with E-state index >= 15 is 0 Å². The highest BCUT2D eigenvalue weighted by Crippen LogP contribution is 2.25. The van der Waals surface area contributed by atoms with Gasteiger partial charge in [0, 0.05) is 24.2 Å². The standard InChI is InChI=1S/C29H25N3O4/c1-17-14-18(2)27-23(15-17)24(33)16-25(36-27)20-10-12-21(13-11-20)28(34)30-26-19(3)31(4)32(29(26)35)22-8-6-5-7-9-22/h5-16H,1-4H3,(H,30,34). The number of nitrogens with zero attached hydrogens (tertiary/aromatic N) is 2. The number of anilines is 1. The van der Waals surface area contributed by atoms with Crippen molar-refractivity contribution in [2.24, 2.45) is 7.05 Å². The van der Waals surface area contributed by atoms with Crippen LogP contribution in [0, 0.1) is 20.8 Å². The van der Waals surface area contributed by atoms with Crippen LogP contribution in [0.25, 0.3) is 28.0 Å². The van der Waals surface area contributed by atoms with Crippen molar-refractivity contribution in [3.63, 3.8) is 0 Å². The smallest absolute Gasteiger partial charge is 0.295 e. The van der Waals surface area contributed by atoms with Crippen LogP contribution in [0.5, 0.6) is 0 Å². The molecule has 0 atom stereocenters. The van der Waals surface area contributed by atoms with Crippen LogP contribution in [0.2, 0.25) is 0 Å². The zero-order valence-electron chi connectivity index (χ0n) is 20.5. The van der Waals surface area contributed by atoms with E-state index < -0.39 is 5.91 Å². The van der Waals surface area contributed by atoms with E-state index in [1.54, 1.807) is 42.9 Å². The summed E-state index contributed by atoms with van der Waals surface area (Å²) in [6.45, 7) is 5.63.